The molecule has 1 saturated heterocycles. The van der Waals surface area contributed by atoms with Crippen molar-refractivity contribution >= 4 is 23.3 Å². The van der Waals surface area contributed by atoms with Gasteiger partial charge < -0.3 is 10.2 Å². The van der Waals surface area contributed by atoms with E-state index >= 15 is 0 Å². The van der Waals surface area contributed by atoms with Crippen LogP contribution in [-0.4, -0.2) is 41.9 Å². The smallest absolute Gasteiger partial charge is 0.327 e. The zero-order chi connectivity index (χ0) is 22.1. The van der Waals surface area contributed by atoms with Gasteiger partial charge in [-0.25, -0.2) is 19.1 Å². The number of halogens is 2. The second-order valence-electron chi connectivity index (χ2n) is 7.95. The predicted molar refractivity (Wildman–Crippen MR) is 111 cm³/mol. The maximum atomic E-state index is 14.0. The van der Waals surface area contributed by atoms with Gasteiger partial charge in [-0.05, 0) is 41.5 Å². The van der Waals surface area contributed by atoms with E-state index in [0.717, 1.165) is 23.3 Å². The fraction of sp³-hybridized carbons (Fsp3) is 0.364. The van der Waals surface area contributed by atoms with Gasteiger partial charge in [0.15, 0.2) is 0 Å². The van der Waals surface area contributed by atoms with Gasteiger partial charge in [0.1, 0.15) is 12.2 Å². The lowest BCUT2D eigenvalue weighted by Gasteiger charge is -2.17. The number of nitrogens with one attached hydrogen (secondary N) is 2. The molecule has 2 aromatic carbocycles. The topological polar surface area (TPSA) is 88.9 Å². The number of rotatable bonds is 8. The van der Waals surface area contributed by atoms with Crippen molar-refractivity contribution in [2.45, 2.75) is 25.8 Å². The maximum absolute atomic E-state index is 14.0. The molecule has 7 nitrogen and oxygen atoms in total. The fourth-order valence-corrected chi connectivity index (χ4v) is 3.71. The molecule has 0 spiro atoms. The number of benzene rings is 2. The molecule has 0 bridgehead atoms. The molecule has 2 N–H and O–H groups in total. The summed E-state index contributed by atoms with van der Waals surface area (Å²) in [5.41, 5.74) is 9.27. The molecule has 0 radical (unpaired) electrons. The largest absolute Gasteiger partial charge is 0.383 e. The van der Waals surface area contributed by atoms with E-state index in [0.29, 0.717) is 29.3 Å². The van der Waals surface area contributed by atoms with Crippen molar-refractivity contribution in [2.75, 3.05) is 25.5 Å². The zero-order valence-corrected chi connectivity index (χ0v) is 17.1. The zero-order valence-electron chi connectivity index (χ0n) is 17.1. The number of likely N-dealkylation sites (N-methyl/N-ethyl adjacent to an activating group) is 1. The van der Waals surface area contributed by atoms with Crippen molar-refractivity contribution in [2.24, 2.45) is 11.0 Å². The second kappa shape index (κ2) is 8.41. The van der Waals surface area contributed by atoms with Crippen molar-refractivity contribution in [1.82, 2.24) is 9.80 Å². The third-order valence-corrected chi connectivity index (χ3v) is 5.72. The number of hydrogen-bond acceptors (Lipinski definition) is 5. The number of carbonyl (C=O) groups is 2. The Labute approximate surface area is 178 Å². The van der Waals surface area contributed by atoms with Crippen LogP contribution in [0.3, 0.4) is 0 Å². The summed E-state index contributed by atoms with van der Waals surface area (Å²) in [5, 5.41) is 6.56. The summed E-state index contributed by atoms with van der Waals surface area (Å²) in [6.45, 7) is 0.969. The minimum Gasteiger partial charge on any atom is -0.383 e. The molecule has 2 aliphatic rings. The van der Waals surface area contributed by atoms with Crippen molar-refractivity contribution in [3.63, 3.8) is 0 Å². The van der Waals surface area contributed by atoms with Crippen LogP contribution in [0.1, 0.15) is 30.4 Å². The van der Waals surface area contributed by atoms with Gasteiger partial charge in [-0.3, -0.25) is 9.69 Å². The Bertz CT molecular complexity index is 1020. The molecule has 9 heteroatoms. The predicted octanol–water partition coefficient (Wildman–Crippen LogP) is 5.17. The summed E-state index contributed by atoms with van der Waals surface area (Å²) in [6.07, 6.45) is -0.537. The molecule has 3 amide bonds. The van der Waals surface area contributed by atoms with E-state index < -0.39 is 6.43 Å². The highest BCUT2D eigenvalue weighted by Gasteiger charge is 2.32. The Hall–Kier alpha value is -3.36. The lowest BCUT2D eigenvalue weighted by molar-refractivity contribution is -0.124. The number of alkyl halides is 2. The maximum Gasteiger partial charge on any atom is 0.327 e. The van der Waals surface area contributed by atoms with Crippen LogP contribution in [0.15, 0.2) is 41.5 Å². The van der Waals surface area contributed by atoms with Crippen molar-refractivity contribution in [1.29, 1.82) is 5.53 Å². The van der Waals surface area contributed by atoms with E-state index in [1.807, 2.05) is 0 Å². The van der Waals surface area contributed by atoms with E-state index in [9.17, 15) is 18.4 Å². The molecular weight excluding hydrogens is 404 g/mol. The summed E-state index contributed by atoms with van der Waals surface area (Å²) in [5.74, 6) is 0.295. The molecule has 1 aliphatic heterocycles. The number of amides is 3. The lowest BCUT2D eigenvalue weighted by Crippen LogP contribution is -2.29. The minimum atomic E-state index is -2.79. The molecule has 1 heterocycles. The highest BCUT2D eigenvalue weighted by Crippen LogP contribution is 2.43. The van der Waals surface area contributed by atoms with Crippen LogP contribution in [0, 0.1) is 11.4 Å². The first-order valence-electron chi connectivity index (χ1n) is 10.1. The number of hydrogen-bond donors (Lipinski definition) is 2. The minimum absolute atomic E-state index is 0.0241. The normalized spacial score (nSPS) is 16.4. The monoisotopic (exact) mass is 427 g/mol. The molecule has 0 atom stereocenters. The van der Waals surface area contributed by atoms with Crippen LogP contribution >= 0.6 is 0 Å². The average molecular weight is 427 g/mol. The van der Waals surface area contributed by atoms with Gasteiger partial charge in [0.2, 0.25) is 5.91 Å². The van der Waals surface area contributed by atoms with Crippen LogP contribution in [0.2, 0.25) is 0 Å². The highest BCUT2D eigenvalue weighted by atomic mass is 19.3. The van der Waals surface area contributed by atoms with Gasteiger partial charge in [-0.15, -0.1) is 0 Å². The van der Waals surface area contributed by atoms with Crippen LogP contribution < -0.4 is 5.32 Å². The summed E-state index contributed by atoms with van der Waals surface area (Å²) >= 11 is 0. The Balaban J connectivity index is 1.59. The van der Waals surface area contributed by atoms with Crippen LogP contribution in [0.5, 0.6) is 0 Å². The molecular formula is C22H23F2N5O2. The molecule has 1 aliphatic carbocycles. The molecule has 1 saturated carbocycles. The number of imide groups is 1. The molecule has 2 fully saturated rings. The van der Waals surface area contributed by atoms with Crippen molar-refractivity contribution in [3.8, 4) is 11.1 Å². The molecule has 162 valence electrons. The first kappa shape index (κ1) is 20.9. The van der Waals surface area contributed by atoms with Crippen LogP contribution in [0.4, 0.5) is 25.0 Å². The Morgan fingerprint density at radius 2 is 1.87 bits per heavy atom. The van der Waals surface area contributed by atoms with E-state index in [1.165, 1.54) is 11.9 Å². The standard InChI is InChI=1S/C22H23F2N5O2/c1-28-18(30)12-29(22(28)31)11-14-4-6-15(7-5-14)16-8-9-17(26-10-13-2-3-13)20(27-25)19(16)21(23)24/h4-9,13,21,25-26H,2-3,10-12H2,1H3. The average Bonchev–Trinajstić information content (AvgIpc) is 3.56. The number of nitrogens with zero attached hydrogens (tertiary/aromatic N) is 3. The first-order valence-corrected chi connectivity index (χ1v) is 10.1. The summed E-state index contributed by atoms with van der Waals surface area (Å²) in [7, 11) is 1.44. The van der Waals surface area contributed by atoms with Gasteiger partial charge in [0, 0.05) is 20.1 Å². The third-order valence-electron chi connectivity index (χ3n) is 5.72. The first-order chi connectivity index (χ1) is 14.9. The number of anilines is 1. The van der Waals surface area contributed by atoms with Gasteiger partial charge in [-0.1, -0.05) is 30.3 Å². The number of carbonyl (C=O) groups excluding carboxylic acids is 2. The van der Waals surface area contributed by atoms with Gasteiger partial charge >= 0.3 is 6.03 Å². The molecule has 2 aromatic rings. The number of urea groups is 1. The van der Waals surface area contributed by atoms with E-state index in [4.69, 9.17) is 5.53 Å². The second-order valence-corrected chi connectivity index (χ2v) is 7.95. The Kier molecular flexibility index (Phi) is 5.67. The summed E-state index contributed by atoms with van der Waals surface area (Å²) in [4.78, 5) is 26.2. The summed E-state index contributed by atoms with van der Waals surface area (Å²) in [6, 6.07) is 9.86. The summed E-state index contributed by atoms with van der Waals surface area (Å²) < 4.78 is 27.9. The lowest BCUT2D eigenvalue weighted by atomic mass is 9.96. The fourth-order valence-electron chi connectivity index (χ4n) is 3.71. The van der Waals surface area contributed by atoms with Gasteiger partial charge in [-0.2, -0.15) is 5.11 Å². The quantitative estimate of drug-likeness (QED) is 0.450. The van der Waals surface area contributed by atoms with E-state index in [-0.39, 0.29) is 36.3 Å². The Morgan fingerprint density at radius 3 is 2.42 bits per heavy atom. The Morgan fingerprint density at radius 1 is 1.16 bits per heavy atom. The van der Waals surface area contributed by atoms with E-state index in [1.54, 1.807) is 36.4 Å². The van der Waals surface area contributed by atoms with E-state index in [2.05, 4.69) is 10.4 Å². The molecule has 31 heavy (non-hydrogen) atoms. The molecule has 4 rings (SSSR count). The molecule has 0 unspecified atom stereocenters. The highest BCUT2D eigenvalue weighted by molar-refractivity contribution is 6.01. The molecule has 0 aromatic heterocycles. The van der Waals surface area contributed by atoms with Crippen LogP contribution in [0.25, 0.3) is 11.1 Å². The van der Waals surface area contributed by atoms with Crippen molar-refractivity contribution in [3.05, 3.63) is 47.5 Å². The van der Waals surface area contributed by atoms with Crippen molar-refractivity contribution < 1.29 is 18.4 Å². The van der Waals surface area contributed by atoms with Crippen LogP contribution in [-0.2, 0) is 11.3 Å². The van der Waals surface area contributed by atoms with Gasteiger partial charge in [0.25, 0.3) is 6.43 Å². The third kappa shape index (κ3) is 4.26. The van der Waals surface area contributed by atoms with Gasteiger partial charge in [0.05, 0.1) is 11.3 Å². The SMILES string of the molecule is CN1C(=O)CN(Cc2ccc(-c3ccc(NCC4CC4)c(N=N)c3C(F)F)cc2)C1=O.